The summed E-state index contributed by atoms with van der Waals surface area (Å²) in [4.78, 5) is 16.5. The van der Waals surface area contributed by atoms with Gasteiger partial charge in [-0.2, -0.15) is 5.10 Å². The van der Waals surface area contributed by atoms with Gasteiger partial charge in [0.1, 0.15) is 11.6 Å². The van der Waals surface area contributed by atoms with Gasteiger partial charge in [-0.05, 0) is 37.3 Å². The van der Waals surface area contributed by atoms with Crippen molar-refractivity contribution in [3.05, 3.63) is 53.3 Å². The highest BCUT2D eigenvalue weighted by atomic mass is 35.5. The van der Waals surface area contributed by atoms with E-state index in [2.05, 4.69) is 25.8 Å². The number of hydrogen-bond donors (Lipinski definition) is 3. The molecule has 1 aromatic heterocycles. The molecule has 0 unspecified atom stereocenters. The average Bonchev–Trinajstić information content (AvgIpc) is 3.09. The number of ether oxygens (including phenoxy) is 1. The number of benzene rings is 2. The molecular formula is C19H20ClN5O2. The topological polar surface area (TPSA) is 91.9 Å². The van der Waals surface area contributed by atoms with Crippen LogP contribution < -0.4 is 15.4 Å². The number of halogens is 1. The number of anilines is 2. The summed E-state index contributed by atoms with van der Waals surface area (Å²) in [5, 5.41) is 13.6. The minimum absolute atomic E-state index is 0.105. The van der Waals surface area contributed by atoms with Crippen LogP contribution in [-0.4, -0.2) is 34.7 Å². The Morgan fingerprint density at radius 1 is 1.26 bits per heavy atom. The number of hydrogen-bond acceptors (Lipinski definition) is 5. The van der Waals surface area contributed by atoms with E-state index in [0.29, 0.717) is 35.2 Å². The second-order valence-electron chi connectivity index (χ2n) is 5.89. The molecule has 7 nitrogen and oxygen atoms in total. The first kappa shape index (κ1) is 18.7. The van der Waals surface area contributed by atoms with Crippen molar-refractivity contribution in [2.75, 3.05) is 24.3 Å². The molecule has 1 amide bonds. The highest BCUT2D eigenvalue weighted by Gasteiger charge is 2.08. The van der Waals surface area contributed by atoms with Gasteiger partial charge in [0, 0.05) is 29.2 Å². The molecule has 0 atom stereocenters. The first-order chi connectivity index (χ1) is 13.0. The maximum Gasteiger partial charge on any atom is 0.226 e. The van der Waals surface area contributed by atoms with E-state index in [0.717, 1.165) is 17.1 Å². The fourth-order valence-corrected chi connectivity index (χ4v) is 2.73. The number of H-pyrrole nitrogens is 1. The van der Waals surface area contributed by atoms with Gasteiger partial charge < -0.3 is 15.4 Å². The van der Waals surface area contributed by atoms with Crippen molar-refractivity contribution in [3.63, 3.8) is 0 Å². The molecule has 3 rings (SSSR count). The van der Waals surface area contributed by atoms with Crippen LogP contribution in [0.1, 0.15) is 12.2 Å². The van der Waals surface area contributed by atoms with Crippen LogP contribution in [0.3, 0.4) is 0 Å². The van der Waals surface area contributed by atoms with Crippen LogP contribution in [-0.2, 0) is 4.79 Å². The van der Waals surface area contributed by atoms with Crippen molar-refractivity contribution in [1.29, 1.82) is 0 Å². The molecule has 2 aromatic carbocycles. The van der Waals surface area contributed by atoms with E-state index in [1.807, 2.05) is 31.2 Å². The predicted octanol–water partition coefficient (Wildman–Crippen LogP) is 3.88. The summed E-state index contributed by atoms with van der Waals surface area (Å²) in [5.74, 6) is 1.90. The van der Waals surface area contributed by atoms with Crippen molar-refractivity contribution < 1.29 is 9.53 Å². The molecular weight excluding hydrogens is 366 g/mol. The molecule has 0 radical (unpaired) electrons. The van der Waals surface area contributed by atoms with Crippen LogP contribution in [0.15, 0.2) is 42.5 Å². The third kappa shape index (κ3) is 4.98. The quantitative estimate of drug-likeness (QED) is 0.574. The Kier molecular flexibility index (Phi) is 5.93. The van der Waals surface area contributed by atoms with E-state index < -0.39 is 0 Å². The van der Waals surface area contributed by atoms with Crippen LogP contribution in [0.2, 0.25) is 5.02 Å². The number of amides is 1. The molecule has 0 aliphatic heterocycles. The Bertz CT molecular complexity index is 941. The third-order valence-electron chi connectivity index (χ3n) is 3.83. The molecule has 0 aliphatic carbocycles. The van der Waals surface area contributed by atoms with E-state index in [1.54, 1.807) is 25.3 Å². The number of nitrogens with zero attached hydrogens (tertiary/aromatic N) is 2. The number of carbonyl (C=O) groups is 1. The summed E-state index contributed by atoms with van der Waals surface area (Å²) in [6, 6.07) is 12.7. The Labute approximate surface area is 162 Å². The summed E-state index contributed by atoms with van der Waals surface area (Å²) in [7, 11) is 1.59. The minimum atomic E-state index is -0.105. The van der Waals surface area contributed by atoms with Crippen LogP contribution in [0.25, 0.3) is 11.4 Å². The summed E-state index contributed by atoms with van der Waals surface area (Å²) in [6.45, 7) is 2.28. The van der Waals surface area contributed by atoms with Gasteiger partial charge >= 0.3 is 0 Å². The van der Waals surface area contributed by atoms with Gasteiger partial charge in [-0.1, -0.05) is 23.7 Å². The molecule has 0 bridgehead atoms. The summed E-state index contributed by atoms with van der Waals surface area (Å²) >= 11 is 6.00. The first-order valence-electron chi connectivity index (χ1n) is 8.42. The van der Waals surface area contributed by atoms with Crippen molar-refractivity contribution >= 4 is 28.9 Å². The van der Waals surface area contributed by atoms with E-state index in [4.69, 9.17) is 16.3 Å². The normalized spacial score (nSPS) is 10.5. The number of aryl methyl sites for hydroxylation is 1. The number of aromatic amines is 1. The second-order valence-corrected chi connectivity index (χ2v) is 6.33. The van der Waals surface area contributed by atoms with Crippen LogP contribution >= 0.6 is 11.6 Å². The van der Waals surface area contributed by atoms with Gasteiger partial charge in [-0.15, -0.1) is 0 Å². The van der Waals surface area contributed by atoms with E-state index in [1.165, 1.54) is 0 Å². The fraction of sp³-hybridized carbons (Fsp3) is 0.211. The molecule has 1 heterocycles. The Hall–Kier alpha value is -3.06. The van der Waals surface area contributed by atoms with Crippen molar-refractivity contribution in [3.8, 4) is 17.1 Å². The maximum absolute atomic E-state index is 12.2. The molecule has 0 saturated heterocycles. The number of aromatic nitrogens is 3. The Morgan fingerprint density at radius 3 is 2.85 bits per heavy atom. The predicted molar refractivity (Wildman–Crippen MR) is 106 cm³/mol. The molecule has 8 heteroatoms. The number of carbonyl (C=O) groups excluding carboxylic acids is 1. The lowest BCUT2D eigenvalue weighted by Crippen LogP contribution is -2.16. The van der Waals surface area contributed by atoms with Gasteiger partial charge in [0.15, 0.2) is 5.82 Å². The maximum atomic E-state index is 12.2. The molecule has 0 fully saturated rings. The lowest BCUT2D eigenvalue weighted by molar-refractivity contribution is -0.115. The standard InChI is InChI=1S/C19H20ClN5O2/c1-12-22-19(25-24-12)13-4-3-5-15(10-13)23-18(26)8-9-21-16-11-14(20)6-7-17(16)27-2/h3-7,10-11,21H,8-9H2,1-2H3,(H,23,26)(H,22,24,25). The smallest absolute Gasteiger partial charge is 0.226 e. The fourth-order valence-electron chi connectivity index (χ4n) is 2.56. The minimum Gasteiger partial charge on any atom is -0.495 e. The monoisotopic (exact) mass is 385 g/mol. The molecule has 3 aromatic rings. The van der Waals surface area contributed by atoms with E-state index in [9.17, 15) is 4.79 Å². The Morgan fingerprint density at radius 2 is 2.11 bits per heavy atom. The van der Waals surface area contributed by atoms with Gasteiger partial charge in [-0.25, -0.2) is 4.98 Å². The van der Waals surface area contributed by atoms with E-state index in [-0.39, 0.29) is 5.91 Å². The van der Waals surface area contributed by atoms with Crippen LogP contribution in [0, 0.1) is 6.92 Å². The lowest BCUT2D eigenvalue weighted by Gasteiger charge is -2.11. The highest BCUT2D eigenvalue weighted by molar-refractivity contribution is 6.30. The summed E-state index contributed by atoms with van der Waals surface area (Å²) in [6.07, 6.45) is 0.291. The molecule has 140 valence electrons. The molecule has 3 N–H and O–H groups in total. The van der Waals surface area contributed by atoms with Crippen molar-refractivity contribution in [2.45, 2.75) is 13.3 Å². The lowest BCUT2D eigenvalue weighted by atomic mass is 10.2. The van der Waals surface area contributed by atoms with Gasteiger partial charge in [-0.3, -0.25) is 9.89 Å². The van der Waals surface area contributed by atoms with Crippen LogP contribution in [0.5, 0.6) is 5.75 Å². The average molecular weight is 386 g/mol. The molecule has 0 spiro atoms. The third-order valence-corrected chi connectivity index (χ3v) is 4.07. The van der Waals surface area contributed by atoms with Crippen molar-refractivity contribution in [2.24, 2.45) is 0 Å². The summed E-state index contributed by atoms with van der Waals surface area (Å²) < 4.78 is 5.27. The summed E-state index contributed by atoms with van der Waals surface area (Å²) in [5.41, 5.74) is 2.28. The second kappa shape index (κ2) is 8.55. The zero-order valence-corrected chi connectivity index (χ0v) is 15.8. The van der Waals surface area contributed by atoms with Gasteiger partial charge in [0.05, 0.1) is 12.8 Å². The zero-order chi connectivity index (χ0) is 19.2. The highest BCUT2D eigenvalue weighted by Crippen LogP contribution is 2.27. The van der Waals surface area contributed by atoms with Gasteiger partial charge in [0.2, 0.25) is 5.91 Å². The largest absolute Gasteiger partial charge is 0.495 e. The number of rotatable bonds is 7. The number of nitrogens with one attached hydrogen (secondary N) is 3. The SMILES string of the molecule is COc1ccc(Cl)cc1NCCC(=O)Nc1cccc(-c2n[nH]c(C)n2)c1. The van der Waals surface area contributed by atoms with Gasteiger partial charge in [0.25, 0.3) is 0 Å². The molecule has 0 aliphatic rings. The molecule has 27 heavy (non-hydrogen) atoms. The van der Waals surface area contributed by atoms with E-state index >= 15 is 0 Å². The molecule has 0 saturated carbocycles. The Balaban J connectivity index is 1.56. The van der Waals surface area contributed by atoms with Crippen molar-refractivity contribution in [1.82, 2.24) is 15.2 Å². The van der Waals surface area contributed by atoms with Crippen LogP contribution in [0.4, 0.5) is 11.4 Å². The first-order valence-corrected chi connectivity index (χ1v) is 8.79. The number of methoxy groups -OCH3 is 1. The zero-order valence-electron chi connectivity index (χ0n) is 15.0.